The van der Waals surface area contributed by atoms with Crippen LogP contribution in [-0.4, -0.2) is 33.5 Å². The lowest BCUT2D eigenvalue weighted by atomic mass is 10.0. The zero-order valence-electron chi connectivity index (χ0n) is 10.4. The summed E-state index contributed by atoms with van der Waals surface area (Å²) in [6, 6.07) is 4.49. The molecule has 6 heteroatoms. The average molecular weight is 303 g/mol. The summed E-state index contributed by atoms with van der Waals surface area (Å²) < 4.78 is 0. The number of aliphatic hydroxyl groups excluding tert-OH is 2. The van der Waals surface area contributed by atoms with Gasteiger partial charge in [0.1, 0.15) is 6.10 Å². The van der Waals surface area contributed by atoms with Crippen LogP contribution in [0.2, 0.25) is 5.02 Å². The van der Waals surface area contributed by atoms with E-state index in [1.54, 1.807) is 6.07 Å². The molecule has 2 atom stereocenters. The highest BCUT2D eigenvalue weighted by Gasteiger charge is 2.19. The standard InChI is InChI=1S/C13H15ClO4S/c1-8(16)19-5-4-12(17)13(18)9-2-3-10(7-15)11(14)6-9/h2-3,6-7,12-13,17-18H,4-5H2,1H3. The average Bonchev–Trinajstić information content (AvgIpc) is 2.37. The van der Waals surface area contributed by atoms with Crippen LogP contribution >= 0.6 is 23.4 Å². The van der Waals surface area contributed by atoms with Crippen molar-refractivity contribution >= 4 is 34.8 Å². The van der Waals surface area contributed by atoms with Crippen LogP contribution in [0, 0.1) is 0 Å². The maximum Gasteiger partial charge on any atom is 0.185 e. The van der Waals surface area contributed by atoms with Crippen LogP contribution in [0.15, 0.2) is 18.2 Å². The first kappa shape index (κ1) is 16.2. The maximum absolute atomic E-state index is 10.7. The highest BCUT2D eigenvalue weighted by atomic mass is 35.5. The maximum atomic E-state index is 10.7. The normalized spacial score (nSPS) is 13.9. The Kier molecular flexibility index (Phi) is 6.51. The lowest BCUT2D eigenvalue weighted by Crippen LogP contribution is -2.19. The molecule has 0 radical (unpaired) electrons. The molecule has 0 spiro atoms. The van der Waals surface area contributed by atoms with Crippen molar-refractivity contribution in [1.82, 2.24) is 0 Å². The van der Waals surface area contributed by atoms with Crippen molar-refractivity contribution in [2.75, 3.05) is 5.75 Å². The van der Waals surface area contributed by atoms with Crippen molar-refractivity contribution in [3.8, 4) is 0 Å². The number of aldehydes is 1. The van der Waals surface area contributed by atoms with Crippen molar-refractivity contribution in [2.24, 2.45) is 0 Å². The van der Waals surface area contributed by atoms with E-state index in [0.29, 0.717) is 29.6 Å². The Morgan fingerprint density at radius 2 is 2.16 bits per heavy atom. The molecule has 0 bridgehead atoms. The van der Waals surface area contributed by atoms with Gasteiger partial charge in [-0.1, -0.05) is 29.4 Å². The Bertz CT molecular complexity index is 464. The Hall–Kier alpha value is -0.880. The van der Waals surface area contributed by atoms with Gasteiger partial charge in [-0.15, -0.1) is 0 Å². The minimum absolute atomic E-state index is 0.0277. The Morgan fingerprint density at radius 1 is 1.47 bits per heavy atom. The SMILES string of the molecule is CC(=O)SCCC(O)C(O)c1ccc(C=O)c(Cl)c1. The van der Waals surface area contributed by atoms with Crippen LogP contribution < -0.4 is 0 Å². The minimum atomic E-state index is -1.09. The van der Waals surface area contributed by atoms with Crippen LogP contribution in [-0.2, 0) is 4.79 Å². The molecule has 0 aliphatic heterocycles. The Balaban J connectivity index is 2.65. The number of halogens is 1. The van der Waals surface area contributed by atoms with Gasteiger partial charge in [0.15, 0.2) is 11.4 Å². The van der Waals surface area contributed by atoms with Gasteiger partial charge in [0, 0.05) is 18.2 Å². The fourth-order valence-electron chi connectivity index (χ4n) is 1.53. The van der Waals surface area contributed by atoms with E-state index in [-0.39, 0.29) is 10.1 Å². The minimum Gasteiger partial charge on any atom is -0.390 e. The summed E-state index contributed by atoms with van der Waals surface area (Å²) in [6.07, 6.45) is -1.16. The third-order valence-corrected chi connectivity index (χ3v) is 3.75. The van der Waals surface area contributed by atoms with E-state index in [4.69, 9.17) is 11.6 Å². The smallest absolute Gasteiger partial charge is 0.185 e. The van der Waals surface area contributed by atoms with Gasteiger partial charge in [0.05, 0.1) is 11.1 Å². The zero-order valence-corrected chi connectivity index (χ0v) is 11.9. The summed E-state index contributed by atoms with van der Waals surface area (Å²) in [4.78, 5) is 21.4. The van der Waals surface area contributed by atoms with Gasteiger partial charge in [-0.2, -0.15) is 0 Å². The van der Waals surface area contributed by atoms with Crippen LogP contribution in [0.3, 0.4) is 0 Å². The van der Waals surface area contributed by atoms with Crippen molar-refractivity contribution in [3.63, 3.8) is 0 Å². The summed E-state index contributed by atoms with van der Waals surface area (Å²) in [6.45, 7) is 1.45. The van der Waals surface area contributed by atoms with E-state index in [2.05, 4.69) is 0 Å². The monoisotopic (exact) mass is 302 g/mol. The van der Waals surface area contributed by atoms with Crippen molar-refractivity contribution < 1.29 is 19.8 Å². The van der Waals surface area contributed by atoms with E-state index < -0.39 is 12.2 Å². The van der Waals surface area contributed by atoms with Gasteiger partial charge in [-0.3, -0.25) is 9.59 Å². The second-order valence-corrected chi connectivity index (χ2v) is 5.72. The number of hydrogen-bond acceptors (Lipinski definition) is 5. The fraction of sp³-hybridized carbons (Fsp3) is 0.385. The second-order valence-electron chi connectivity index (χ2n) is 4.04. The summed E-state index contributed by atoms with van der Waals surface area (Å²) in [5.41, 5.74) is 0.773. The summed E-state index contributed by atoms with van der Waals surface area (Å²) in [7, 11) is 0. The molecule has 0 aromatic heterocycles. The second kappa shape index (κ2) is 7.65. The van der Waals surface area contributed by atoms with Gasteiger partial charge in [-0.25, -0.2) is 0 Å². The number of carbonyl (C=O) groups is 2. The Morgan fingerprint density at radius 3 is 2.68 bits per heavy atom. The molecule has 0 amide bonds. The molecule has 1 aromatic carbocycles. The molecule has 0 saturated carbocycles. The van der Waals surface area contributed by atoms with Crippen LogP contribution in [0.1, 0.15) is 35.4 Å². The molecule has 2 unspecified atom stereocenters. The van der Waals surface area contributed by atoms with E-state index in [1.165, 1.54) is 19.1 Å². The van der Waals surface area contributed by atoms with Gasteiger partial charge in [0.2, 0.25) is 0 Å². The van der Waals surface area contributed by atoms with Crippen molar-refractivity contribution in [1.29, 1.82) is 0 Å². The number of thioether (sulfide) groups is 1. The Labute approximate surface area is 120 Å². The molecule has 1 aromatic rings. The lowest BCUT2D eigenvalue weighted by Gasteiger charge is -2.18. The summed E-state index contributed by atoms with van der Waals surface area (Å²) in [5.74, 6) is 0.438. The third kappa shape index (κ3) is 4.95. The molecule has 2 N–H and O–H groups in total. The molecule has 19 heavy (non-hydrogen) atoms. The number of benzene rings is 1. The highest BCUT2D eigenvalue weighted by molar-refractivity contribution is 8.13. The number of aliphatic hydroxyl groups is 2. The molecule has 0 saturated heterocycles. The predicted octanol–water partition coefficient (Wildman–Crippen LogP) is 2.22. The molecular weight excluding hydrogens is 288 g/mol. The first-order valence-electron chi connectivity index (χ1n) is 5.69. The van der Waals surface area contributed by atoms with Gasteiger partial charge < -0.3 is 10.2 Å². The number of rotatable bonds is 6. The van der Waals surface area contributed by atoms with Crippen molar-refractivity contribution in [2.45, 2.75) is 25.6 Å². The quantitative estimate of drug-likeness (QED) is 0.788. The number of carbonyl (C=O) groups excluding carboxylic acids is 2. The molecular formula is C13H15ClO4S. The molecule has 4 nitrogen and oxygen atoms in total. The zero-order chi connectivity index (χ0) is 14.4. The topological polar surface area (TPSA) is 74.6 Å². The van der Waals surface area contributed by atoms with E-state index >= 15 is 0 Å². The molecule has 0 heterocycles. The number of hydrogen-bond donors (Lipinski definition) is 2. The van der Waals surface area contributed by atoms with Crippen LogP contribution in [0.25, 0.3) is 0 Å². The predicted molar refractivity (Wildman–Crippen MR) is 75.6 cm³/mol. The first-order chi connectivity index (χ1) is 8.95. The van der Waals surface area contributed by atoms with Gasteiger partial charge in [-0.05, 0) is 24.1 Å². The largest absolute Gasteiger partial charge is 0.390 e. The van der Waals surface area contributed by atoms with E-state index in [1.807, 2.05) is 0 Å². The fourth-order valence-corrected chi connectivity index (χ4v) is 2.41. The first-order valence-corrected chi connectivity index (χ1v) is 7.06. The summed E-state index contributed by atoms with van der Waals surface area (Å²) in [5, 5.41) is 20.0. The van der Waals surface area contributed by atoms with Gasteiger partial charge >= 0.3 is 0 Å². The van der Waals surface area contributed by atoms with Crippen molar-refractivity contribution in [3.05, 3.63) is 34.3 Å². The van der Waals surface area contributed by atoms with Crippen LogP contribution in [0.5, 0.6) is 0 Å². The molecule has 1 rings (SSSR count). The summed E-state index contributed by atoms with van der Waals surface area (Å²) >= 11 is 6.95. The molecule has 0 fully saturated rings. The van der Waals surface area contributed by atoms with Gasteiger partial charge in [0.25, 0.3) is 0 Å². The van der Waals surface area contributed by atoms with E-state index in [0.717, 1.165) is 11.8 Å². The van der Waals surface area contributed by atoms with Crippen LogP contribution in [0.4, 0.5) is 0 Å². The molecule has 0 aliphatic rings. The lowest BCUT2D eigenvalue weighted by molar-refractivity contribution is -0.109. The van der Waals surface area contributed by atoms with E-state index in [9.17, 15) is 19.8 Å². The molecule has 0 aliphatic carbocycles. The highest BCUT2D eigenvalue weighted by Crippen LogP contribution is 2.25. The third-order valence-electron chi connectivity index (χ3n) is 2.58. The molecule has 104 valence electrons.